The molecule has 2 aliphatic heterocycles. The normalized spacial score (nSPS) is 23.6. The average molecular weight is 907 g/mol. The van der Waals surface area contributed by atoms with Crippen molar-refractivity contribution in [3.8, 4) is 33.5 Å². The minimum Gasteiger partial charge on any atom is -0.453 e. The zero-order valence-corrected chi connectivity index (χ0v) is 39.4. The Bertz CT molecular complexity index is 2780. The molecule has 6 atom stereocenters. The van der Waals surface area contributed by atoms with Crippen molar-refractivity contribution in [2.24, 2.45) is 28.6 Å². The van der Waals surface area contributed by atoms with Gasteiger partial charge in [-0.3, -0.25) is 9.59 Å². The summed E-state index contributed by atoms with van der Waals surface area (Å²) in [5.74, 6) is 2.39. The van der Waals surface area contributed by atoms with Crippen LogP contribution in [0.4, 0.5) is 9.59 Å². The maximum absolute atomic E-state index is 14.1. The number of ether oxygens (including phenoxy) is 2. The van der Waals surface area contributed by atoms with Gasteiger partial charge in [0.05, 0.1) is 49.2 Å². The molecule has 4 N–H and O–H groups in total. The number of benzene rings is 3. The number of rotatable bonds is 11. The lowest BCUT2D eigenvalue weighted by molar-refractivity contribution is -0.136. The van der Waals surface area contributed by atoms with E-state index in [-0.39, 0.29) is 46.6 Å². The van der Waals surface area contributed by atoms with Crippen LogP contribution in [0.25, 0.3) is 44.5 Å². The number of alkyl carbamates (subject to hydrolysis) is 2. The number of fused-ring (bicyclic) bond motifs is 4. The molecule has 5 aromatic rings. The first-order chi connectivity index (χ1) is 32.3. The minimum atomic E-state index is -0.686. The van der Waals surface area contributed by atoms with Crippen LogP contribution in [0.3, 0.4) is 0 Å². The van der Waals surface area contributed by atoms with Crippen molar-refractivity contribution < 1.29 is 28.7 Å². The molecule has 2 spiro atoms. The van der Waals surface area contributed by atoms with Crippen LogP contribution < -0.4 is 10.6 Å². The molecular weight excluding hydrogens is 845 g/mol. The van der Waals surface area contributed by atoms with Crippen molar-refractivity contribution >= 4 is 35.0 Å². The highest BCUT2D eigenvalue weighted by Crippen LogP contribution is 2.60. The predicted octanol–water partition coefficient (Wildman–Crippen LogP) is 9.21. The molecule has 2 saturated heterocycles. The standard InChI is InChI=1S/C53H62N8O6/c1-28(2)44(58-50(64)66-5)48(62)60-26-52(17-18-52)23-41(60)46-54-25-40(57-46)31-9-7-30(8-10-31)35-15-14-34(37-21-32-11-13-36(32)43(35)37)33-12-16-38-39(22-33)56-47(55-38)42-24-53(19-20-53)27-61(42)49(63)45(29(3)4)59-51(65)67-6/h7-10,12,14-16,22,25,28-29,32,36,41-42,44-45H,11,13,17-21,23-24,26-27H2,1-6H3,(H,54,57)(H,55,56)(H,58,64)(H,59,65). The minimum absolute atomic E-state index is 0.0919. The quantitative estimate of drug-likeness (QED) is 0.102. The summed E-state index contributed by atoms with van der Waals surface area (Å²) in [4.78, 5) is 73.6. The first-order valence-corrected chi connectivity index (χ1v) is 24.4. The summed E-state index contributed by atoms with van der Waals surface area (Å²) in [5.41, 5.74) is 11.8. The van der Waals surface area contributed by atoms with Gasteiger partial charge in [0, 0.05) is 13.1 Å². The first-order valence-electron chi connectivity index (χ1n) is 24.4. The van der Waals surface area contributed by atoms with E-state index in [1.807, 2.05) is 43.7 Å². The number of methoxy groups -OCH3 is 2. The van der Waals surface area contributed by atoms with Gasteiger partial charge in [-0.15, -0.1) is 0 Å². The highest BCUT2D eigenvalue weighted by Gasteiger charge is 2.56. The van der Waals surface area contributed by atoms with Gasteiger partial charge in [0.1, 0.15) is 23.7 Å². The Morgan fingerprint density at radius 2 is 1.27 bits per heavy atom. The van der Waals surface area contributed by atoms with Gasteiger partial charge in [0.2, 0.25) is 11.8 Å². The molecule has 3 saturated carbocycles. The molecule has 4 heterocycles. The zero-order chi connectivity index (χ0) is 46.5. The van der Waals surface area contributed by atoms with Crippen molar-refractivity contribution in [1.29, 1.82) is 0 Å². The Labute approximate surface area is 391 Å². The van der Waals surface area contributed by atoms with Gasteiger partial charge in [-0.05, 0) is 143 Å². The van der Waals surface area contributed by atoms with Crippen LogP contribution >= 0.6 is 0 Å². The molecule has 6 unspecified atom stereocenters. The van der Waals surface area contributed by atoms with E-state index < -0.39 is 24.3 Å². The number of hydrogen-bond donors (Lipinski definition) is 4. The third kappa shape index (κ3) is 7.64. The van der Waals surface area contributed by atoms with Crippen LogP contribution in [0.5, 0.6) is 0 Å². The third-order valence-corrected chi connectivity index (χ3v) is 16.4. The smallest absolute Gasteiger partial charge is 0.407 e. The van der Waals surface area contributed by atoms with Gasteiger partial charge in [-0.25, -0.2) is 19.6 Å². The number of nitrogens with zero attached hydrogens (tertiary/aromatic N) is 4. The van der Waals surface area contributed by atoms with E-state index in [0.29, 0.717) is 24.9 Å². The van der Waals surface area contributed by atoms with Crippen LogP contribution in [0, 0.1) is 28.6 Å². The summed E-state index contributed by atoms with van der Waals surface area (Å²) in [6.45, 7) is 9.10. The SMILES string of the molecule is COC(=O)NC(C(=O)N1CC2(CC2)CC1c1ncc(-c2ccc(-c3ccc(-c4ccc5nc(C6CC7(CC7)CN6C(=O)C(NC(=O)OC)C(C)C)[nH]c5c4)c4c3C3CCC3C4)cc2)[nH]1)C(C)C. The monoisotopic (exact) mass is 906 g/mol. The molecule has 2 aromatic heterocycles. The molecule has 11 rings (SSSR count). The van der Waals surface area contributed by atoms with Crippen LogP contribution in [-0.2, 0) is 25.5 Å². The largest absolute Gasteiger partial charge is 0.453 e. The molecule has 14 nitrogen and oxygen atoms in total. The van der Waals surface area contributed by atoms with Crippen LogP contribution in [0.1, 0.15) is 120 Å². The van der Waals surface area contributed by atoms with E-state index >= 15 is 0 Å². The summed E-state index contributed by atoms with van der Waals surface area (Å²) < 4.78 is 9.73. The Morgan fingerprint density at radius 3 is 1.82 bits per heavy atom. The van der Waals surface area contributed by atoms with E-state index in [1.54, 1.807) is 0 Å². The average Bonchev–Trinajstić information content (AvgIpc) is 3.84. The van der Waals surface area contributed by atoms with Gasteiger partial charge in [-0.2, -0.15) is 0 Å². The number of amides is 4. The first kappa shape index (κ1) is 43.4. The highest BCUT2D eigenvalue weighted by atomic mass is 16.5. The van der Waals surface area contributed by atoms with E-state index in [4.69, 9.17) is 19.4 Å². The van der Waals surface area contributed by atoms with Crippen LogP contribution in [0.2, 0.25) is 0 Å². The number of hydrogen-bond acceptors (Lipinski definition) is 8. The van der Waals surface area contributed by atoms with E-state index in [1.165, 1.54) is 54.9 Å². The molecule has 5 fully saturated rings. The molecule has 350 valence electrons. The van der Waals surface area contributed by atoms with Gasteiger partial charge in [0.15, 0.2) is 0 Å². The maximum atomic E-state index is 14.1. The number of imidazole rings is 2. The Morgan fingerprint density at radius 1 is 0.701 bits per heavy atom. The lowest BCUT2D eigenvalue weighted by Gasteiger charge is -2.31. The Kier molecular flexibility index (Phi) is 10.5. The number of H-pyrrole nitrogens is 2. The van der Waals surface area contributed by atoms with Crippen molar-refractivity contribution in [2.45, 2.75) is 116 Å². The van der Waals surface area contributed by atoms with E-state index in [0.717, 1.165) is 84.4 Å². The van der Waals surface area contributed by atoms with E-state index in [9.17, 15) is 19.2 Å². The van der Waals surface area contributed by atoms with Crippen molar-refractivity contribution in [3.05, 3.63) is 83.6 Å². The van der Waals surface area contributed by atoms with Gasteiger partial charge in [-0.1, -0.05) is 70.2 Å². The molecular formula is C53H62N8O6. The summed E-state index contributed by atoms with van der Waals surface area (Å²) in [7, 11) is 2.64. The van der Waals surface area contributed by atoms with Crippen LogP contribution in [-0.4, -0.2) is 93.1 Å². The molecule has 4 amide bonds. The Hall–Kier alpha value is -6.18. The Balaban J connectivity index is 0.846. The van der Waals surface area contributed by atoms with Gasteiger partial charge in [0.25, 0.3) is 0 Å². The summed E-state index contributed by atoms with van der Waals surface area (Å²) >= 11 is 0. The fourth-order valence-corrected chi connectivity index (χ4v) is 12.0. The number of aromatic amines is 2. The predicted molar refractivity (Wildman–Crippen MR) is 254 cm³/mol. The second-order valence-electron chi connectivity index (χ2n) is 21.4. The molecule has 14 heteroatoms. The second kappa shape index (κ2) is 16.3. The number of aromatic nitrogens is 4. The van der Waals surface area contributed by atoms with Crippen molar-refractivity contribution in [3.63, 3.8) is 0 Å². The fourth-order valence-electron chi connectivity index (χ4n) is 12.0. The second-order valence-corrected chi connectivity index (χ2v) is 21.4. The highest BCUT2D eigenvalue weighted by molar-refractivity contribution is 5.89. The molecule has 4 aliphatic carbocycles. The number of likely N-dealkylation sites (tertiary alicyclic amines) is 2. The maximum Gasteiger partial charge on any atom is 0.407 e. The topological polar surface area (TPSA) is 175 Å². The molecule has 67 heavy (non-hydrogen) atoms. The van der Waals surface area contributed by atoms with Gasteiger partial charge < -0.3 is 39.9 Å². The summed E-state index contributed by atoms with van der Waals surface area (Å²) in [6.07, 6.45) is 10.3. The fraction of sp³-hybridized carbons (Fsp3) is 0.509. The van der Waals surface area contributed by atoms with Crippen molar-refractivity contribution in [2.75, 3.05) is 27.3 Å². The molecule has 3 aromatic carbocycles. The number of nitrogens with one attached hydrogen (secondary N) is 4. The third-order valence-electron chi connectivity index (χ3n) is 16.4. The molecule has 6 aliphatic rings. The van der Waals surface area contributed by atoms with Crippen LogP contribution in [0.15, 0.2) is 60.8 Å². The number of carbonyl (C=O) groups excluding carboxylic acids is 4. The lowest BCUT2D eigenvalue weighted by atomic mass is 9.73. The van der Waals surface area contributed by atoms with Crippen molar-refractivity contribution in [1.82, 2.24) is 40.4 Å². The lowest BCUT2D eigenvalue weighted by Crippen LogP contribution is -2.51. The molecule has 0 radical (unpaired) electrons. The summed E-state index contributed by atoms with van der Waals surface area (Å²) in [6, 6.07) is 18.2. The number of carbonyl (C=O) groups is 4. The summed E-state index contributed by atoms with van der Waals surface area (Å²) in [5, 5.41) is 5.56. The molecule has 0 bridgehead atoms. The van der Waals surface area contributed by atoms with Gasteiger partial charge >= 0.3 is 12.2 Å². The van der Waals surface area contributed by atoms with E-state index in [2.05, 4.69) is 75.2 Å². The zero-order valence-electron chi connectivity index (χ0n) is 39.4.